The van der Waals surface area contributed by atoms with E-state index in [4.69, 9.17) is 5.73 Å². The lowest BCUT2D eigenvalue weighted by atomic mass is 9.70. The maximum Gasteiger partial charge on any atom is 0.153 e. The molecular formula is C20H17N5O. The molecule has 0 spiro atoms. The zero-order valence-corrected chi connectivity index (χ0v) is 14.0. The number of fused-ring (bicyclic) bond motifs is 1. The first-order chi connectivity index (χ1) is 12.7. The molecule has 0 aliphatic heterocycles. The Balaban J connectivity index is 1.92. The molecule has 0 radical (unpaired) electrons. The lowest BCUT2D eigenvalue weighted by Crippen LogP contribution is -2.32. The Bertz CT molecular complexity index is 950. The molecule has 1 atom stereocenters. The van der Waals surface area contributed by atoms with E-state index < -0.39 is 5.41 Å². The number of hydrogen-bond donors (Lipinski definition) is 1. The summed E-state index contributed by atoms with van der Waals surface area (Å²) in [4.78, 5) is 19.3. The van der Waals surface area contributed by atoms with Gasteiger partial charge in [0, 0.05) is 24.4 Å². The van der Waals surface area contributed by atoms with Crippen LogP contribution in [-0.2, 0) is 16.6 Å². The van der Waals surface area contributed by atoms with Gasteiger partial charge in [0.1, 0.15) is 12.6 Å². The van der Waals surface area contributed by atoms with Gasteiger partial charge in [0.05, 0.1) is 16.8 Å². The van der Waals surface area contributed by atoms with Crippen molar-refractivity contribution >= 4 is 24.4 Å². The van der Waals surface area contributed by atoms with E-state index >= 15 is 0 Å². The maximum absolute atomic E-state index is 10.7. The summed E-state index contributed by atoms with van der Waals surface area (Å²) in [6, 6.07) is 12.1. The Kier molecular flexibility index (Phi) is 3.93. The SMILES string of the molecule is Nc1nn(C=CC=O)c2c1C=CC(c1ccccc1)(c1ccncn1)C2. The van der Waals surface area contributed by atoms with E-state index in [2.05, 4.69) is 33.3 Å². The maximum atomic E-state index is 10.7. The molecular weight excluding hydrogens is 326 g/mol. The number of nitrogens with zero attached hydrogens (tertiary/aromatic N) is 4. The molecule has 3 aromatic rings. The number of rotatable bonds is 4. The Morgan fingerprint density at radius 2 is 2.04 bits per heavy atom. The summed E-state index contributed by atoms with van der Waals surface area (Å²) in [5, 5.41) is 4.35. The van der Waals surface area contributed by atoms with Gasteiger partial charge in [-0.2, -0.15) is 5.10 Å². The standard InChI is InChI=1S/C20H17N5O/c21-19-16-7-9-20(15-5-2-1-3-6-15,18-8-10-22-14-23-18)13-17(16)25(24-19)11-4-12-26/h1-12,14H,13H2,(H2,21,24). The number of anilines is 1. The quantitative estimate of drug-likeness (QED) is 0.581. The molecule has 4 rings (SSSR count). The molecule has 1 unspecified atom stereocenters. The molecule has 26 heavy (non-hydrogen) atoms. The van der Waals surface area contributed by atoms with E-state index in [1.165, 1.54) is 6.08 Å². The minimum absolute atomic E-state index is 0.441. The predicted molar refractivity (Wildman–Crippen MR) is 100 cm³/mol. The third-order valence-corrected chi connectivity index (χ3v) is 4.69. The van der Waals surface area contributed by atoms with Gasteiger partial charge in [-0.15, -0.1) is 0 Å². The van der Waals surface area contributed by atoms with Gasteiger partial charge in [-0.25, -0.2) is 14.6 Å². The minimum Gasteiger partial charge on any atom is -0.382 e. The third-order valence-electron chi connectivity index (χ3n) is 4.69. The zero-order valence-electron chi connectivity index (χ0n) is 14.0. The monoisotopic (exact) mass is 343 g/mol. The number of allylic oxidation sites excluding steroid dienone is 2. The van der Waals surface area contributed by atoms with Gasteiger partial charge in [-0.3, -0.25) is 4.79 Å². The van der Waals surface area contributed by atoms with Crippen molar-refractivity contribution in [3.8, 4) is 0 Å². The van der Waals surface area contributed by atoms with Gasteiger partial charge >= 0.3 is 0 Å². The summed E-state index contributed by atoms with van der Waals surface area (Å²) in [5.41, 5.74) is 9.43. The average molecular weight is 343 g/mol. The second-order valence-corrected chi connectivity index (χ2v) is 6.11. The largest absolute Gasteiger partial charge is 0.382 e. The fraction of sp³-hybridized carbons (Fsp3) is 0.100. The lowest BCUT2D eigenvalue weighted by molar-refractivity contribution is -0.104. The summed E-state index contributed by atoms with van der Waals surface area (Å²) >= 11 is 0. The number of carbonyl (C=O) groups excluding carboxylic acids is 1. The van der Waals surface area contributed by atoms with Gasteiger partial charge < -0.3 is 5.73 Å². The smallest absolute Gasteiger partial charge is 0.153 e. The molecule has 6 heteroatoms. The average Bonchev–Trinajstić information content (AvgIpc) is 3.02. The van der Waals surface area contributed by atoms with Gasteiger partial charge in [-0.1, -0.05) is 42.5 Å². The second kappa shape index (κ2) is 6.40. The highest BCUT2D eigenvalue weighted by molar-refractivity contribution is 5.73. The third kappa shape index (κ3) is 2.52. The van der Waals surface area contributed by atoms with Gasteiger partial charge in [0.2, 0.25) is 0 Å². The fourth-order valence-electron chi connectivity index (χ4n) is 3.46. The van der Waals surface area contributed by atoms with E-state index in [1.807, 2.05) is 30.3 Å². The van der Waals surface area contributed by atoms with Gasteiger partial charge in [0.25, 0.3) is 0 Å². The van der Waals surface area contributed by atoms with E-state index in [1.54, 1.807) is 23.4 Å². The van der Waals surface area contributed by atoms with E-state index in [0.29, 0.717) is 12.2 Å². The number of nitrogens with two attached hydrogens (primary N) is 1. The van der Waals surface area contributed by atoms with E-state index in [-0.39, 0.29) is 0 Å². The first-order valence-corrected chi connectivity index (χ1v) is 8.25. The van der Waals surface area contributed by atoms with Crippen LogP contribution in [0.4, 0.5) is 5.82 Å². The van der Waals surface area contributed by atoms with Crippen molar-refractivity contribution < 1.29 is 4.79 Å². The highest BCUT2D eigenvalue weighted by atomic mass is 16.1. The molecule has 0 fully saturated rings. The second-order valence-electron chi connectivity index (χ2n) is 6.11. The highest BCUT2D eigenvalue weighted by Gasteiger charge is 2.38. The van der Waals surface area contributed by atoms with E-state index in [0.717, 1.165) is 28.8 Å². The van der Waals surface area contributed by atoms with Crippen LogP contribution in [0, 0.1) is 0 Å². The normalized spacial score (nSPS) is 18.8. The van der Waals surface area contributed by atoms with Crippen LogP contribution in [0.1, 0.15) is 22.5 Å². The minimum atomic E-state index is -0.462. The summed E-state index contributed by atoms with van der Waals surface area (Å²) in [6.07, 6.45) is 11.8. The van der Waals surface area contributed by atoms with Crippen LogP contribution in [0.5, 0.6) is 0 Å². The van der Waals surface area contributed by atoms with Crippen molar-refractivity contribution in [1.29, 1.82) is 0 Å². The molecule has 2 aromatic heterocycles. The van der Waals surface area contributed by atoms with Crippen molar-refractivity contribution in [2.24, 2.45) is 0 Å². The van der Waals surface area contributed by atoms with Crippen molar-refractivity contribution in [3.05, 3.63) is 83.6 Å². The Labute approximate surface area is 150 Å². The number of aldehydes is 1. The van der Waals surface area contributed by atoms with Crippen LogP contribution >= 0.6 is 0 Å². The van der Waals surface area contributed by atoms with Crippen molar-refractivity contribution in [2.45, 2.75) is 11.8 Å². The Morgan fingerprint density at radius 1 is 1.19 bits per heavy atom. The summed E-state index contributed by atoms with van der Waals surface area (Å²) in [6.45, 7) is 0. The summed E-state index contributed by atoms with van der Waals surface area (Å²) in [5.74, 6) is 0.441. The van der Waals surface area contributed by atoms with Gasteiger partial charge in [-0.05, 0) is 17.7 Å². The van der Waals surface area contributed by atoms with Crippen LogP contribution in [0.2, 0.25) is 0 Å². The molecule has 0 amide bonds. The number of benzene rings is 1. The molecule has 2 N–H and O–H groups in total. The number of carbonyl (C=O) groups is 1. The molecule has 1 aliphatic rings. The summed E-state index contributed by atoms with van der Waals surface area (Å²) in [7, 11) is 0. The zero-order chi connectivity index (χ0) is 18.0. The Morgan fingerprint density at radius 3 is 2.77 bits per heavy atom. The first kappa shape index (κ1) is 16.0. The van der Waals surface area contributed by atoms with Crippen molar-refractivity contribution in [3.63, 3.8) is 0 Å². The van der Waals surface area contributed by atoms with Crippen molar-refractivity contribution in [2.75, 3.05) is 5.73 Å². The topological polar surface area (TPSA) is 86.7 Å². The predicted octanol–water partition coefficient (Wildman–Crippen LogP) is 2.48. The first-order valence-electron chi connectivity index (χ1n) is 8.25. The molecule has 1 aromatic carbocycles. The van der Waals surface area contributed by atoms with E-state index in [9.17, 15) is 4.79 Å². The molecule has 0 saturated carbocycles. The Hall–Kier alpha value is -3.54. The fourth-order valence-corrected chi connectivity index (χ4v) is 3.46. The van der Waals surface area contributed by atoms with Crippen LogP contribution < -0.4 is 5.73 Å². The molecule has 2 heterocycles. The molecule has 6 nitrogen and oxygen atoms in total. The molecule has 0 saturated heterocycles. The van der Waals surface area contributed by atoms with Gasteiger partial charge in [0.15, 0.2) is 5.82 Å². The number of aromatic nitrogens is 4. The van der Waals surface area contributed by atoms with Crippen LogP contribution in [0.25, 0.3) is 12.3 Å². The molecule has 128 valence electrons. The number of nitrogen functional groups attached to an aromatic ring is 1. The molecule has 0 bridgehead atoms. The highest BCUT2D eigenvalue weighted by Crippen LogP contribution is 2.41. The lowest BCUT2D eigenvalue weighted by Gasteiger charge is -2.33. The number of hydrogen-bond acceptors (Lipinski definition) is 5. The molecule has 1 aliphatic carbocycles. The van der Waals surface area contributed by atoms with Crippen LogP contribution in [-0.4, -0.2) is 26.0 Å². The van der Waals surface area contributed by atoms with Crippen LogP contribution in [0.15, 0.2) is 61.1 Å². The summed E-state index contributed by atoms with van der Waals surface area (Å²) < 4.78 is 1.67. The van der Waals surface area contributed by atoms with Crippen molar-refractivity contribution in [1.82, 2.24) is 19.7 Å². The van der Waals surface area contributed by atoms with Crippen LogP contribution in [0.3, 0.4) is 0 Å².